The fourth-order valence-electron chi connectivity index (χ4n) is 4.40. The van der Waals surface area contributed by atoms with E-state index in [1.54, 1.807) is 18.0 Å². The molecule has 1 aliphatic heterocycles. The number of nitrogens with zero attached hydrogens (tertiary/aromatic N) is 4. The summed E-state index contributed by atoms with van der Waals surface area (Å²) in [6, 6.07) is 8.34. The highest BCUT2D eigenvalue weighted by atomic mass is 32.2. The zero-order valence-electron chi connectivity index (χ0n) is 20.6. The Kier molecular flexibility index (Phi) is 8.24. The molecule has 1 fully saturated rings. The van der Waals surface area contributed by atoms with Crippen molar-refractivity contribution in [3.8, 4) is 0 Å². The normalized spacial score (nSPS) is 15.5. The van der Waals surface area contributed by atoms with Crippen molar-refractivity contribution in [3.05, 3.63) is 48.0 Å². The van der Waals surface area contributed by atoms with Gasteiger partial charge in [-0.25, -0.2) is 4.98 Å². The average Bonchev–Trinajstić information content (AvgIpc) is 3.30. The molecule has 0 unspecified atom stereocenters. The Balaban J connectivity index is 1.24. The molecule has 34 heavy (non-hydrogen) atoms. The van der Waals surface area contributed by atoms with E-state index in [2.05, 4.69) is 71.0 Å². The second-order valence-corrected chi connectivity index (χ2v) is 10.6. The number of fused-ring (bicyclic) bond motifs is 1. The Morgan fingerprint density at radius 2 is 1.71 bits per heavy atom. The Morgan fingerprint density at radius 1 is 1.03 bits per heavy atom. The van der Waals surface area contributed by atoms with E-state index in [1.807, 2.05) is 6.07 Å². The number of nitrogens with one attached hydrogen (secondary N) is 1. The first kappa shape index (κ1) is 24.7. The van der Waals surface area contributed by atoms with Crippen molar-refractivity contribution < 1.29 is 9.21 Å². The van der Waals surface area contributed by atoms with Crippen molar-refractivity contribution in [2.24, 2.45) is 0 Å². The quantitative estimate of drug-likeness (QED) is 0.439. The molecule has 182 valence electrons. The molecule has 0 aliphatic carbocycles. The maximum atomic E-state index is 12.9. The zero-order chi connectivity index (χ0) is 24.1. The van der Waals surface area contributed by atoms with Crippen LogP contribution in [0.25, 0.3) is 11.2 Å². The third-order valence-corrected chi connectivity index (χ3v) is 7.35. The van der Waals surface area contributed by atoms with Gasteiger partial charge < -0.3 is 9.73 Å². The Bertz CT molecular complexity index is 1080. The second-order valence-electron chi connectivity index (χ2n) is 9.45. The number of hydrogen-bond acceptors (Lipinski definition) is 7. The van der Waals surface area contributed by atoms with E-state index in [0.29, 0.717) is 24.0 Å². The summed E-state index contributed by atoms with van der Waals surface area (Å²) in [5.41, 5.74) is 4.85. The summed E-state index contributed by atoms with van der Waals surface area (Å²) in [5, 5.41) is 3.25. The van der Waals surface area contributed by atoms with Crippen LogP contribution in [0.2, 0.25) is 0 Å². The van der Waals surface area contributed by atoms with Crippen molar-refractivity contribution in [2.45, 2.75) is 44.4 Å². The van der Waals surface area contributed by atoms with Gasteiger partial charge >= 0.3 is 0 Å². The van der Waals surface area contributed by atoms with Gasteiger partial charge in [0.05, 0.1) is 11.4 Å². The van der Waals surface area contributed by atoms with Gasteiger partial charge in [0.1, 0.15) is 0 Å². The van der Waals surface area contributed by atoms with E-state index in [0.717, 1.165) is 54.6 Å². The zero-order valence-corrected chi connectivity index (χ0v) is 21.4. The summed E-state index contributed by atoms with van der Waals surface area (Å²) < 4.78 is 5.47. The van der Waals surface area contributed by atoms with Crippen LogP contribution in [-0.4, -0.2) is 70.7 Å². The summed E-state index contributed by atoms with van der Waals surface area (Å²) in [5.74, 6) is 1.78. The summed E-state index contributed by atoms with van der Waals surface area (Å²) in [4.78, 5) is 27.1. The molecule has 0 saturated carbocycles. The number of aromatic nitrogens is 2. The fraction of sp³-hybridized carbons (Fsp3) is 0.500. The number of piperazine rings is 1. The molecule has 1 aliphatic rings. The molecule has 1 amide bonds. The van der Waals surface area contributed by atoms with Gasteiger partial charge in [-0.3, -0.25) is 14.6 Å². The topological polar surface area (TPSA) is 74.5 Å². The van der Waals surface area contributed by atoms with Crippen LogP contribution in [0.5, 0.6) is 0 Å². The van der Waals surface area contributed by atoms with Gasteiger partial charge in [-0.2, -0.15) is 4.98 Å². The van der Waals surface area contributed by atoms with Crippen molar-refractivity contribution in [2.75, 3.05) is 50.3 Å². The summed E-state index contributed by atoms with van der Waals surface area (Å²) >= 11 is 1.77. The molecular formula is C26H35N5O2S. The largest absolute Gasteiger partial charge is 0.441 e. The summed E-state index contributed by atoms with van der Waals surface area (Å²) in [7, 11) is 0. The third-order valence-electron chi connectivity index (χ3n) is 6.33. The minimum absolute atomic E-state index is 0.0766. The van der Waals surface area contributed by atoms with Crippen LogP contribution in [-0.2, 0) is 4.79 Å². The lowest BCUT2D eigenvalue weighted by Gasteiger charge is -2.34. The SMILES string of the molecule is CC(C)c1cccc(C(C)C)c1NC(=O)CN1CCN(CCSc2ccnc3ncoc23)CC1. The van der Waals surface area contributed by atoms with Gasteiger partial charge in [0.2, 0.25) is 5.91 Å². The van der Waals surface area contributed by atoms with Gasteiger partial charge in [-0.05, 0) is 29.0 Å². The molecule has 0 atom stereocenters. The number of benzene rings is 1. The van der Waals surface area contributed by atoms with E-state index in [1.165, 1.54) is 17.5 Å². The molecule has 0 radical (unpaired) electrons. The molecule has 3 aromatic rings. The van der Waals surface area contributed by atoms with Crippen LogP contribution >= 0.6 is 11.8 Å². The maximum absolute atomic E-state index is 12.9. The van der Waals surface area contributed by atoms with Gasteiger partial charge in [0.25, 0.3) is 0 Å². The van der Waals surface area contributed by atoms with Gasteiger partial charge in [0, 0.05) is 50.4 Å². The number of amides is 1. The lowest BCUT2D eigenvalue weighted by Crippen LogP contribution is -2.49. The highest BCUT2D eigenvalue weighted by Gasteiger charge is 2.21. The van der Waals surface area contributed by atoms with Crippen LogP contribution in [0.3, 0.4) is 0 Å². The third kappa shape index (κ3) is 5.98. The smallest absolute Gasteiger partial charge is 0.238 e. The lowest BCUT2D eigenvalue weighted by molar-refractivity contribution is -0.117. The monoisotopic (exact) mass is 481 g/mol. The first-order chi connectivity index (χ1) is 16.4. The number of anilines is 1. The van der Waals surface area contributed by atoms with Crippen molar-refractivity contribution >= 4 is 34.6 Å². The Morgan fingerprint density at radius 3 is 2.38 bits per heavy atom. The van der Waals surface area contributed by atoms with Crippen LogP contribution < -0.4 is 5.32 Å². The number of hydrogen-bond donors (Lipinski definition) is 1. The number of rotatable bonds is 9. The van der Waals surface area contributed by atoms with Gasteiger partial charge in [-0.1, -0.05) is 45.9 Å². The lowest BCUT2D eigenvalue weighted by atomic mass is 9.92. The van der Waals surface area contributed by atoms with E-state index in [4.69, 9.17) is 4.42 Å². The van der Waals surface area contributed by atoms with Crippen LogP contribution in [0.4, 0.5) is 5.69 Å². The number of carbonyl (C=O) groups is 1. The number of para-hydroxylation sites is 1. The molecule has 1 N–H and O–H groups in total. The van der Waals surface area contributed by atoms with E-state index in [9.17, 15) is 4.79 Å². The molecule has 0 bridgehead atoms. The second kappa shape index (κ2) is 11.3. The van der Waals surface area contributed by atoms with Crippen molar-refractivity contribution in [1.29, 1.82) is 0 Å². The minimum Gasteiger partial charge on any atom is -0.441 e. The molecule has 0 spiro atoms. The Hall–Kier alpha value is -2.42. The summed E-state index contributed by atoms with van der Waals surface area (Å²) in [6.07, 6.45) is 3.23. The fourth-order valence-corrected chi connectivity index (χ4v) is 5.40. The average molecular weight is 482 g/mol. The molecular weight excluding hydrogens is 446 g/mol. The van der Waals surface area contributed by atoms with Crippen molar-refractivity contribution in [1.82, 2.24) is 19.8 Å². The number of oxazole rings is 1. The molecule has 4 rings (SSSR count). The van der Waals surface area contributed by atoms with Crippen molar-refractivity contribution in [3.63, 3.8) is 0 Å². The number of carbonyl (C=O) groups excluding carboxylic acids is 1. The highest BCUT2D eigenvalue weighted by molar-refractivity contribution is 7.99. The molecule has 1 aromatic carbocycles. The molecule has 1 saturated heterocycles. The van der Waals surface area contributed by atoms with Crippen LogP contribution in [0, 0.1) is 0 Å². The van der Waals surface area contributed by atoms with Crippen LogP contribution in [0.15, 0.2) is 46.2 Å². The number of thioether (sulfide) groups is 1. The Labute approximate surface area is 206 Å². The number of pyridine rings is 1. The summed E-state index contributed by atoms with van der Waals surface area (Å²) in [6.45, 7) is 13.9. The van der Waals surface area contributed by atoms with E-state index >= 15 is 0 Å². The maximum Gasteiger partial charge on any atom is 0.238 e. The van der Waals surface area contributed by atoms with Gasteiger partial charge in [-0.15, -0.1) is 11.8 Å². The van der Waals surface area contributed by atoms with E-state index < -0.39 is 0 Å². The standard InChI is InChI=1S/C26H35N5O2S/c1-18(2)20-6-5-7-21(19(3)4)24(20)29-23(32)16-31-12-10-30(11-13-31)14-15-34-22-8-9-27-26-25(22)33-17-28-26/h5-9,17-19H,10-16H2,1-4H3,(H,29,32). The van der Waals surface area contributed by atoms with Gasteiger partial charge in [0.15, 0.2) is 17.6 Å². The predicted octanol–water partition coefficient (Wildman–Crippen LogP) is 4.82. The minimum atomic E-state index is 0.0766. The predicted molar refractivity (Wildman–Crippen MR) is 139 cm³/mol. The molecule has 3 heterocycles. The highest BCUT2D eigenvalue weighted by Crippen LogP contribution is 2.32. The van der Waals surface area contributed by atoms with E-state index in [-0.39, 0.29) is 5.91 Å². The molecule has 7 nitrogen and oxygen atoms in total. The first-order valence-electron chi connectivity index (χ1n) is 12.1. The van der Waals surface area contributed by atoms with Crippen LogP contribution in [0.1, 0.15) is 50.7 Å². The molecule has 8 heteroatoms. The first-order valence-corrected chi connectivity index (χ1v) is 13.1. The molecule has 2 aromatic heterocycles.